The Labute approximate surface area is 81.3 Å². The normalized spacial score (nSPS) is 10.6. The molecule has 0 radical (unpaired) electrons. The highest BCUT2D eigenvalue weighted by Crippen LogP contribution is 2.15. The van der Waals surface area contributed by atoms with Crippen LogP contribution in [-0.4, -0.2) is 15.7 Å². The SMILES string of the molecule is CCn1ncc2ccc(C(N)=O)cc21. The Morgan fingerprint density at radius 1 is 1.57 bits per heavy atom. The van der Waals surface area contributed by atoms with E-state index < -0.39 is 5.91 Å². The first-order valence-electron chi connectivity index (χ1n) is 4.47. The monoisotopic (exact) mass is 189 g/mol. The second-order valence-corrected chi connectivity index (χ2v) is 3.10. The van der Waals surface area contributed by atoms with Crippen molar-refractivity contribution in [1.29, 1.82) is 0 Å². The average Bonchev–Trinajstić information content (AvgIpc) is 2.59. The molecule has 1 aromatic carbocycles. The van der Waals surface area contributed by atoms with Crippen LogP contribution in [0.3, 0.4) is 0 Å². The summed E-state index contributed by atoms with van der Waals surface area (Å²) in [5.74, 6) is -0.407. The van der Waals surface area contributed by atoms with Crippen molar-refractivity contribution in [3.8, 4) is 0 Å². The Balaban J connectivity index is 2.67. The molecule has 72 valence electrons. The van der Waals surface area contributed by atoms with Gasteiger partial charge in [0.15, 0.2) is 0 Å². The maximum Gasteiger partial charge on any atom is 0.248 e. The molecular weight excluding hydrogens is 178 g/mol. The number of hydrogen-bond donors (Lipinski definition) is 1. The lowest BCUT2D eigenvalue weighted by molar-refractivity contribution is 0.100. The topological polar surface area (TPSA) is 60.9 Å². The minimum absolute atomic E-state index is 0.407. The molecule has 0 aliphatic carbocycles. The minimum atomic E-state index is -0.407. The van der Waals surface area contributed by atoms with E-state index in [0.717, 1.165) is 17.4 Å². The molecule has 1 amide bonds. The van der Waals surface area contributed by atoms with Gasteiger partial charge in [-0.3, -0.25) is 9.48 Å². The highest BCUT2D eigenvalue weighted by atomic mass is 16.1. The summed E-state index contributed by atoms with van der Waals surface area (Å²) in [6.07, 6.45) is 1.78. The lowest BCUT2D eigenvalue weighted by atomic mass is 10.1. The third kappa shape index (κ3) is 1.25. The molecule has 0 aliphatic heterocycles. The lowest BCUT2D eigenvalue weighted by Gasteiger charge is -1.99. The summed E-state index contributed by atoms with van der Waals surface area (Å²) in [6, 6.07) is 5.34. The van der Waals surface area contributed by atoms with Crippen LogP contribution in [0.4, 0.5) is 0 Å². The number of benzene rings is 1. The number of rotatable bonds is 2. The smallest absolute Gasteiger partial charge is 0.248 e. The third-order valence-electron chi connectivity index (χ3n) is 2.23. The molecule has 0 saturated carbocycles. The number of hydrogen-bond acceptors (Lipinski definition) is 2. The number of primary amides is 1. The van der Waals surface area contributed by atoms with Crippen LogP contribution in [0.15, 0.2) is 24.4 Å². The van der Waals surface area contributed by atoms with Crippen molar-refractivity contribution in [1.82, 2.24) is 9.78 Å². The van der Waals surface area contributed by atoms with Crippen LogP contribution in [0.1, 0.15) is 17.3 Å². The molecule has 2 aromatic rings. The minimum Gasteiger partial charge on any atom is -0.366 e. The highest BCUT2D eigenvalue weighted by Gasteiger charge is 2.05. The van der Waals surface area contributed by atoms with Crippen molar-refractivity contribution in [2.75, 3.05) is 0 Å². The predicted molar refractivity (Wildman–Crippen MR) is 53.9 cm³/mol. The highest BCUT2D eigenvalue weighted by molar-refractivity contribution is 5.96. The zero-order valence-corrected chi connectivity index (χ0v) is 7.90. The molecule has 2 rings (SSSR count). The second-order valence-electron chi connectivity index (χ2n) is 3.10. The maximum absolute atomic E-state index is 11.0. The third-order valence-corrected chi connectivity index (χ3v) is 2.23. The zero-order valence-electron chi connectivity index (χ0n) is 7.90. The van der Waals surface area contributed by atoms with E-state index in [-0.39, 0.29) is 0 Å². The van der Waals surface area contributed by atoms with E-state index in [9.17, 15) is 4.79 Å². The van der Waals surface area contributed by atoms with Gasteiger partial charge in [0.25, 0.3) is 0 Å². The molecule has 0 unspecified atom stereocenters. The van der Waals surface area contributed by atoms with Gasteiger partial charge >= 0.3 is 0 Å². The number of nitrogens with zero attached hydrogens (tertiary/aromatic N) is 2. The number of carbonyl (C=O) groups excluding carboxylic acids is 1. The Bertz CT molecular complexity index is 487. The number of nitrogens with two attached hydrogens (primary N) is 1. The summed E-state index contributed by atoms with van der Waals surface area (Å²) < 4.78 is 1.84. The van der Waals surface area contributed by atoms with E-state index in [0.29, 0.717) is 5.56 Å². The van der Waals surface area contributed by atoms with Crippen LogP contribution in [0.2, 0.25) is 0 Å². The fraction of sp³-hybridized carbons (Fsp3) is 0.200. The van der Waals surface area contributed by atoms with E-state index in [1.54, 1.807) is 18.3 Å². The summed E-state index contributed by atoms with van der Waals surface area (Å²) in [4.78, 5) is 11.0. The number of fused-ring (bicyclic) bond motifs is 1. The Morgan fingerprint density at radius 2 is 2.36 bits per heavy atom. The fourth-order valence-corrected chi connectivity index (χ4v) is 1.48. The van der Waals surface area contributed by atoms with Crippen LogP contribution >= 0.6 is 0 Å². The van der Waals surface area contributed by atoms with E-state index >= 15 is 0 Å². The predicted octanol–water partition coefficient (Wildman–Crippen LogP) is 1.16. The molecule has 1 aromatic heterocycles. The van der Waals surface area contributed by atoms with Gasteiger partial charge in [-0.25, -0.2) is 0 Å². The number of aromatic nitrogens is 2. The Kier molecular flexibility index (Phi) is 1.96. The van der Waals surface area contributed by atoms with Crippen molar-refractivity contribution in [3.63, 3.8) is 0 Å². The molecule has 4 nitrogen and oxygen atoms in total. The number of carbonyl (C=O) groups is 1. The molecule has 0 fully saturated rings. The van der Waals surface area contributed by atoms with Crippen molar-refractivity contribution in [3.05, 3.63) is 30.0 Å². The number of aryl methyl sites for hydroxylation is 1. The van der Waals surface area contributed by atoms with E-state index in [1.807, 2.05) is 17.7 Å². The molecule has 2 N–H and O–H groups in total. The Hall–Kier alpha value is -1.84. The molecule has 0 bridgehead atoms. The molecule has 0 saturated heterocycles. The summed E-state index contributed by atoms with van der Waals surface area (Å²) >= 11 is 0. The lowest BCUT2D eigenvalue weighted by Crippen LogP contribution is -2.10. The van der Waals surface area contributed by atoms with Gasteiger partial charge in [0.05, 0.1) is 11.7 Å². The van der Waals surface area contributed by atoms with Gasteiger partial charge < -0.3 is 5.73 Å². The summed E-state index contributed by atoms with van der Waals surface area (Å²) in [5.41, 5.74) is 6.67. The van der Waals surface area contributed by atoms with Crippen molar-refractivity contribution >= 4 is 16.8 Å². The van der Waals surface area contributed by atoms with Crippen LogP contribution in [0.25, 0.3) is 10.9 Å². The summed E-state index contributed by atoms with van der Waals surface area (Å²) in [7, 11) is 0. The molecular formula is C10H11N3O. The van der Waals surface area contributed by atoms with Crippen LogP contribution in [0, 0.1) is 0 Å². The zero-order chi connectivity index (χ0) is 10.1. The number of amides is 1. The standard InChI is InChI=1S/C10H11N3O/c1-2-13-9-5-7(10(11)14)3-4-8(9)6-12-13/h3-6H,2H2,1H3,(H2,11,14). The first-order chi connectivity index (χ1) is 6.72. The quantitative estimate of drug-likeness (QED) is 0.770. The van der Waals surface area contributed by atoms with E-state index in [1.165, 1.54) is 0 Å². The molecule has 14 heavy (non-hydrogen) atoms. The molecule has 1 heterocycles. The van der Waals surface area contributed by atoms with Crippen LogP contribution in [-0.2, 0) is 6.54 Å². The van der Waals surface area contributed by atoms with Gasteiger partial charge in [-0.15, -0.1) is 0 Å². The maximum atomic E-state index is 11.0. The first-order valence-corrected chi connectivity index (χ1v) is 4.47. The van der Waals surface area contributed by atoms with Gasteiger partial charge in [0.2, 0.25) is 5.91 Å². The van der Waals surface area contributed by atoms with Crippen molar-refractivity contribution < 1.29 is 4.79 Å². The first kappa shape index (κ1) is 8.74. The molecule has 0 aliphatic rings. The summed E-state index contributed by atoms with van der Waals surface area (Å²) in [5, 5.41) is 5.20. The average molecular weight is 189 g/mol. The van der Waals surface area contributed by atoms with Gasteiger partial charge in [-0.1, -0.05) is 6.07 Å². The van der Waals surface area contributed by atoms with Gasteiger partial charge in [-0.05, 0) is 19.1 Å². The molecule has 0 atom stereocenters. The van der Waals surface area contributed by atoms with E-state index in [4.69, 9.17) is 5.73 Å². The van der Waals surface area contributed by atoms with Crippen LogP contribution in [0.5, 0.6) is 0 Å². The fourth-order valence-electron chi connectivity index (χ4n) is 1.48. The van der Waals surface area contributed by atoms with Crippen molar-refractivity contribution in [2.45, 2.75) is 13.5 Å². The van der Waals surface area contributed by atoms with E-state index in [2.05, 4.69) is 5.10 Å². The Morgan fingerprint density at radius 3 is 3.00 bits per heavy atom. The van der Waals surface area contributed by atoms with Gasteiger partial charge in [0.1, 0.15) is 0 Å². The van der Waals surface area contributed by atoms with Gasteiger partial charge in [-0.2, -0.15) is 5.10 Å². The van der Waals surface area contributed by atoms with Crippen molar-refractivity contribution in [2.24, 2.45) is 5.73 Å². The second kappa shape index (κ2) is 3.14. The largest absolute Gasteiger partial charge is 0.366 e. The van der Waals surface area contributed by atoms with Crippen LogP contribution < -0.4 is 5.73 Å². The molecule has 0 spiro atoms. The summed E-state index contributed by atoms with van der Waals surface area (Å²) in [6.45, 7) is 2.79. The molecule has 4 heteroatoms. The van der Waals surface area contributed by atoms with Gasteiger partial charge in [0, 0.05) is 17.5 Å².